The van der Waals surface area contributed by atoms with Crippen molar-refractivity contribution < 1.29 is 18.3 Å². The highest BCUT2D eigenvalue weighted by atomic mass is 19.1. The number of rotatable bonds is 4. The Balaban J connectivity index is 2.23. The van der Waals surface area contributed by atoms with Crippen LogP contribution in [0.5, 0.6) is 5.75 Å². The molecule has 104 valence electrons. The van der Waals surface area contributed by atoms with Crippen molar-refractivity contribution in [1.82, 2.24) is 0 Å². The van der Waals surface area contributed by atoms with Crippen LogP contribution in [0.2, 0.25) is 0 Å². The van der Waals surface area contributed by atoms with E-state index in [1.54, 1.807) is 31.2 Å². The van der Waals surface area contributed by atoms with E-state index < -0.39 is 17.5 Å². The molecule has 0 radical (unpaired) electrons. The number of nitrogens with one attached hydrogen (secondary N) is 1. The molecule has 0 fully saturated rings. The van der Waals surface area contributed by atoms with E-state index in [1.807, 2.05) is 0 Å². The number of para-hydroxylation sites is 1. The molecular weight excluding hydrogens is 264 g/mol. The van der Waals surface area contributed by atoms with Gasteiger partial charge in [-0.25, -0.2) is 8.78 Å². The van der Waals surface area contributed by atoms with Crippen LogP contribution in [0.15, 0.2) is 42.5 Å². The van der Waals surface area contributed by atoms with Gasteiger partial charge in [-0.05, 0) is 31.2 Å². The molecule has 0 heterocycles. The lowest BCUT2D eigenvalue weighted by Gasteiger charge is -2.10. The van der Waals surface area contributed by atoms with Gasteiger partial charge in [0.05, 0.1) is 12.2 Å². The van der Waals surface area contributed by atoms with Gasteiger partial charge in [-0.1, -0.05) is 12.1 Å². The molecule has 0 unspecified atom stereocenters. The van der Waals surface area contributed by atoms with Crippen LogP contribution in [-0.2, 0) is 0 Å². The van der Waals surface area contributed by atoms with E-state index in [9.17, 15) is 13.6 Å². The fourth-order valence-electron chi connectivity index (χ4n) is 1.76. The second-order valence-corrected chi connectivity index (χ2v) is 4.04. The number of benzene rings is 2. The summed E-state index contributed by atoms with van der Waals surface area (Å²) >= 11 is 0. The maximum Gasteiger partial charge on any atom is 0.259 e. The van der Waals surface area contributed by atoms with Crippen molar-refractivity contribution in [3.05, 3.63) is 59.7 Å². The van der Waals surface area contributed by atoms with Gasteiger partial charge < -0.3 is 10.1 Å². The first-order chi connectivity index (χ1) is 9.60. The van der Waals surface area contributed by atoms with Gasteiger partial charge in [0.1, 0.15) is 17.4 Å². The maximum absolute atomic E-state index is 13.1. The second kappa shape index (κ2) is 6.14. The third-order valence-corrected chi connectivity index (χ3v) is 2.55. The van der Waals surface area contributed by atoms with Crippen LogP contribution < -0.4 is 10.1 Å². The fraction of sp³-hybridized carbons (Fsp3) is 0.133. The molecule has 0 aromatic heterocycles. The quantitative estimate of drug-likeness (QED) is 0.927. The number of carbonyl (C=O) groups excluding carboxylic acids is 1. The molecule has 20 heavy (non-hydrogen) atoms. The minimum absolute atomic E-state index is 0.0544. The van der Waals surface area contributed by atoms with E-state index in [0.717, 1.165) is 18.2 Å². The molecule has 1 N–H and O–H groups in total. The van der Waals surface area contributed by atoms with Gasteiger partial charge in [-0.2, -0.15) is 0 Å². The average Bonchev–Trinajstić information content (AvgIpc) is 2.38. The van der Waals surface area contributed by atoms with Crippen molar-refractivity contribution in [2.75, 3.05) is 11.9 Å². The molecule has 1 amide bonds. The molecule has 0 bridgehead atoms. The summed E-state index contributed by atoms with van der Waals surface area (Å²) in [5, 5.41) is 2.44. The lowest BCUT2D eigenvalue weighted by Crippen LogP contribution is -2.14. The SMILES string of the molecule is CCOc1ccccc1C(=O)Nc1cc(F)cc(F)c1. The Morgan fingerprint density at radius 2 is 1.80 bits per heavy atom. The van der Waals surface area contributed by atoms with Gasteiger partial charge in [-0.3, -0.25) is 4.79 Å². The zero-order chi connectivity index (χ0) is 14.5. The third kappa shape index (κ3) is 3.32. The molecule has 5 heteroatoms. The topological polar surface area (TPSA) is 38.3 Å². The molecule has 2 aromatic carbocycles. The van der Waals surface area contributed by atoms with Crippen molar-refractivity contribution in [2.24, 2.45) is 0 Å². The number of carbonyl (C=O) groups is 1. The Kier molecular flexibility index (Phi) is 4.30. The van der Waals surface area contributed by atoms with Crippen molar-refractivity contribution in [3.8, 4) is 5.75 Å². The average molecular weight is 277 g/mol. The summed E-state index contributed by atoms with van der Waals surface area (Å²) in [5.74, 6) is -1.57. The zero-order valence-corrected chi connectivity index (χ0v) is 10.8. The van der Waals surface area contributed by atoms with Crippen molar-refractivity contribution >= 4 is 11.6 Å². The largest absolute Gasteiger partial charge is 0.493 e. The molecule has 0 atom stereocenters. The molecule has 2 rings (SSSR count). The Morgan fingerprint density at radius 3 is 2.45 bits per heavy atom. The molecule has 0 saturated carbocycles. The Morgan fingerprint density at radius 1 is 1.15 bits per heavy atom. The summed E-state index contributed by atoms with van der Waals surface area (Å²) in [6.45, 7) is 2.22. The predicted molar refractivity (Wildman–Crippen MR) is 71.9 cm³/mol. The van der Waals surface area contributed by atoms with Crippen molar-refractivity contribution in [2.45, 2.75) is 6.92 Å². The normalized spacial score (nSPS) is 10.2. The van der Waals surface area contributed by atoms with Gasteiger partial charge in [-0.15, -0.1) is 0 Å². The molecule has 0 aliphatic carbocycles. The Hall–Kier alpha value is -2.43. The fourth-order valence-corrected chi connectivity index (χ4v) is 1.76. The maximum atomic E-state index is 13.1. The standard InChI is InChI=1S/C15H13F2NO2/c1-2-20-14-6-4-3-5-13(14)15(19)18-12-8-10(16)7-11(17)9-12/h3-9H,2H2,1H3,(H,18,19). The minimum Gasteiger partial charge on any atom is -0.493 e. The molecule has 0 aliphatic rings. The van der Waals surface area contributed by atoms with E-state index >= 15 is 0 Å². The number of halogens is 2. The van der Waals surface area contributed by atoms with Gasteiger partial charge in [0.2, 0.25) is 0 Å². The number of anilines is 1. The monoisotopic (exact) mass is 277 g/mol. The van der Waals surface area contributed by atoms with Crippen LogP contribution in [0, 0.1) is 11.6 Å². The molecule has 3 nitrogen and oxygen atoms in total. The van der Waals surface area contributed by atoms with Gasteiger partial charge in [0.15, 0.2) is 0 Å². The third-order valence-electron chi connectivity index (χ3n) is 2.55. The number of ether oxygens (including phenoxy) is 1. The van der Waals surface area contributed by atoms with Crippen molar-refractivity contribution in [3.63, 3.8) is 0 Å². The molecule has 0 aliphatic heterocycles. The summed E-state index contributed by atoms with van der Waals surface area (Å²) < 4.78 is 31.5. The lowest BCUT2D eigenvalue weighted by molar-refractivity contribution is 0.102. The lowest BCUT2D eigenvalue weighted by atomic mass is 10.2. The van der Waals surface area contributed by atoms with Crippen molar-refractivity contribution in [1.29, 1.82) is 0 Å². The van der Waals surface area contributed by atoms with Gasteiger partial charge in [0.25, 0.3) is 5.91 Å². The summed E-state index contributed by atoms with van der Waals surface area (Å²) in [4.78, 5) is 12.1. The van der Waals surface area contributed by atoms with Crippen LogP contribution in [0.1, 0.15) is 17.3 Å². The molecule has 2 aromatic rings. The smallest absolute Gasteiger partial charge is 0.259 e. The molecular formula is C15H13F2NO2. The summed E-state index contributed by atoms with van der Waals surface area (Å²) in [6, 6.07) is 9.49. The summed E-state index contributed by atoms with van der Waals surface area (Å²) in [7, 11) is 0. The van der Waals surface area contributed by atoms with E-state index in [4.69, 9.17) is 4.74 Å². The second-order valence-electron chi connectivity index (χ2n) is 4.04. The molecule has 0 spiro atoms. The first-order valence-electron chi connectivity index (χ1n) is 6.09. The first kappa shape index (κ1) is 14.0. The van der Waals surface area contributed by atoms with Crippen LogP contribution in [0.25, 0.3) is 0 Å². The molecule has 0 saturated heterocycles. The van der Waals surface area contributed by atoms with E-state index in [2.05, 4.69) is 5.32 Å². The van der Waals surface area contributed by atoms with Crippen LogP contribution in [0.4, 0.5) is 14.5 Å². The van der Waals surface area contributed by atoms with E-state index in [0.29, 0.717) is 17.9 Å². The first-order valence-corrected chi connectivity index (χ1v) is 6.09. The minimum atomic E-state index is -0.751. The highest BCUT2D eigenvalue weighted by Crippen LogP contribution is 2.20. The van der Waals surface area contributed by atoms with E-state index in [1.165, 1.54) is 0 Å². The highest BCUT2D eigenvalue weighted by molar-refractivity contribution is 6.06. The predicted octanol–water partition coefficient (Wildman–Crippen LogP) is 3.62. The van der Waals surface area contributed by atoms with Crippen LogP contribution >= 0.6 is 0 Å². The number of hydrogen-bond donors (Lipinski definition) is 1. The summed E-state index contributed by atoms with van der Waals surface area (Å²) in [5.41, 5.74) is 0.359. The van der Waals surface area contributed by atoms with E-state index in [-0.39, 0.29) is 5.69 Å². The van der Waals surface area contributed by atoms with Gasteiger partial charge in [0, 0.05) is 11.8 Å². The van der Waals surface area contributed by atoms with Crippen LogP contribution in [0.3, 0.4) is 0 Å². The highest BCUT2D eigenvalue weighted by Gasteiger charge is 2.12. The summed E-state index contributed by atoms with van der Waals surface area (Å²) in [6.07, 6.45) is 0. The van der Waals surface area contributed by atoms with Crippen LogP contribution in [-0.4, -0.2) is 12.5 Å². The Bertz CT molecular complexity index is 609. The number of amides is 1. The zero-order valence-electron chi connectivity index (χ0n) is 10.8. The Labute approximate surface area is 115 Å². The number of hydrogen-bond acceptors (Lipinski definition) is 2. The van der Waals surface area contributed by atoms with Gasteiger partial charge >= 0.3 is 0 Å².